The highest BCUT2D eigenvalue weighted by molar-refractivity contribution is 7.60. The van der Waals surface area contributed by atoms with Gasteiger partial charge in [-0.15, -0.1) is 0 Å². The number of carbonyl (C=O) groups excluding carboxylic acids is 1. The maximum atomic E-state index is 11.0. The molecule has 1 unspecified atom stereocenters. The number of hydrogen-bond acceptors (Lipinski definition) is 6. The number of rotatable bonds is 6. The Labute approximate surface area is 96.9 Å². The molecule has 0 aromatic carbocycles. The number of hydrogen-bond donors (Lipinski definition) is 3. The van der Waals surface area contributed by atoms with Crippen LogP contribution in [0.1, 0.15) is 6.92 Å². The van der Waals surface area contributed by atoms with Gasteiger partial charge >= 0.3 is 21.6 Å². The van der Waals surface area contributed by atoms with Crippen molar-refractivity contribution in [1.82, 2.24) is 0 Å². The molecular formula is C6H12O9P2. The highest BCUT2D eigenvalue weighted by atomic mass is 31.3. The fourth-order valence-corrected chi connectivity index (χ4v) is 2.27. The van der Waals surface area contributed by atoms with E-state index < -0.39 is 28.2 Å². The quantitative estimate of drug-likeness (QED) is 0.358. The molecule has 1 atom stereocenters. The SMILES string of the molecule is COC(=O)C=C(C)COP(=O)(O)OP(=O)(O)O. The van der Waals surface area contributed by atoms with Gasteiger partial charge in [-0.3, -0.25) is 4.52 Å². The first-order valence-corrected chi connectivity index (χ1v) is 7.07. The molecular weight excluding hydrogens is 278 g/mol. The van der Waals surface area contributed by atoms with Gasteiger partial charge < -0.3 is 19.4 Å². The van der Waals surface area contributed by atoms with Gasteiger partial charge in [0.2, 0.25) is 0 Å². The van der Waals surface area contributed by atoms with E-state index in [0.29, 0.717) is 0 Å². The van der Waals surface area contributed by atoms with Crippen LogP contribution in [0.2, 0.25) is 0 Å². The maximum absolute atomic E-state index is 11.0. The lowest BCUT2D eigenvalue weighted by molar-refractivity contribution is -0.134. The number of phosphoric ester groups is 1. The van der Waals surface area contributed by atoms with Crippen LogP contribution >= 0.6 is 15.6 Å². The van der Waals surface area contributed by atoms with Crippen molar-refractivity contribution in [2.75, 3.05) is 13.7 Å². The third kappa shape index (κ3) is 9.20. The number of phosphoric acid groups is 2. The van der Waals surface area contributed by atoms with Crippen LogP contribution in [0.4, 0.5) is 0 Å². The minimum atomic E-state index is -5.13. The van der Waals surface area contributed by atoms with Crippen molar-refractivity contribution >= 4 is 21.6 Å². The predicted octanol–water partition coefficient (Wildman–Crippen LogP) is 0.332. The van der Waals surface area contributed by atoms with Crippen molar-refractivity contribution in [3.63, 3.8) is 0 Å². The standard InChI is InChI=1S/C6H12O9P2/c1-5(3-6(7)13-2)4-14-17(11,12)15-16(8,9)10/h3H,4H2,1-2H3,(H,11,12)(H2,8,9,10). The van der Waals surface area contributed by atoms with Gasteiger partial charge in [-0.25, -0.2) is 13.9 Å². The minimum absolute atomic E-state index is 0.209. The van der Waals surface area contributed by atoms with Crippen LogP contribution in [0, 0.1) is 0 Å². The summed E-state index contributed by atoms with van der Waals surface area (Å²) in [5, 5.41) is 0. The van der Waals surface area contributed by atoms with E-state index in [1.165, 1.54) is 6.92 Å². The van der Waals surface area contributed by atoms with E-state index in [0.717, 1.165) is 13.2 Å². The molecule has 0 aliphatic rings. The van der Waals surface area contributed by atoms with Crippen molar-refractivity contribution < 1.29 is 42.2 Å². The zero-order valence-corrected chi connectivity index (χ0v) is 10.8. The van der Waals surface area contributed by atoms with Gasteiger partial charge in [0.25, 0.3) is 0 Å². The van der Waals surface area contributed by atoms with Crippen LogP contribution in [0.25, 0.3) is 0 Å². The first-order valence-electron chi connectivity index (χ1n) is 4.05. The second kappa shape index (κ2) is 6.42. The molecule has 0 rings (SSSR count). The average molecular weight is 290 g/mol. The summed E-state index contributed by atoms with van der Waals surface area (Å²) in [5.74, 6) is -0.699. The van der Waals surface area contributed by atoms with Crippen LogP contribution in [-0.2, 0) is 27.5 Å². The summed E-state index contributed by atoms with van der Waals surface area (Å²) in [7, 11) is -8.87. The molecule has 9 nitrogen and oxygen atoms in total. The highest BCUT2D eigenvalue weighted by Gasteiger charge is 2.32. The topological polar surface area (TPSA) is 140 Å². The maximum Gasteiger partial charge on any atom is 0.481 e. The van der Waals surface area contributed by atoms with E-state index in [9.17, 15) is 13.9 Å². The summed E-state index contributed by atoms with van der Waals surface area (Å²) in [6.07, 6.45) is 0.984. The molecule has 3 N–H and O–H groups in total. The molecule has 0 fully saturated rings. The average Bonchev–Trinajstić information content (AvgIpc) is 2.11. The van der Waals surface area contributed by atoms with Crippen LogP contribution in [0.3, 0.4) is 0 Å². The number of carbonyl (C=O) groups is 1. The molecule has 0 saturated carbocycles. The normalized spacial score (nSPS) is 16.4. The summed E-state index contributed by atoms with van der Waals surface area (Å²) < 4.78 is 33.3. The van der Waals surface area contributed by atoms with Crippen LogP contribution < -0.4 is 0 Å². The molecule has 0 radical (unpaired) electrons. The zero-order chi connectivity index (χ0) is 13.7. The summed E-state index contributed by atoms with van der Waals surface area (Å²) in [4.78, 5) is 36.2. The number of esters is 1. The van der Waals surface area contributed by atoms with Crippen molar-refractivity contribution in [1.29, 1.82) is 0 Å². The zero-order valence-electron chi connectivity index (χ0n) is 8.97. The molecule has 0 saturated heterocycles. The lowest BCUT2D eigenvalue weighted by atomic mass is 10.3. The molecule has 0 aromatic rings. The molecule has 0 aliphatic heterocycles. The van der Waals surface area contributed by atoms with Gasteiger partial charge in [0.05, 0.1) is 13.7 Å². The largest absolute Gasteiger partial charge is 0.481 e. The van der Waals surface area contributed by atoms with Crippen LogP contribution in [-0.4, -0.2) is 34.4 Å². The van der Waals surface area contributed by atoms with E-state index in [4.69, 9.17) is 14.7 Å². The van der Waals surface area contributed by atoms with Gasteiger partial charge in [-0.05, 0) is 12.5 Å². The molecule has 0 spiro atoms. The van der Waals surface area contributed by atoms with Crippen LogP contribution in [0.5, 0.6) is 0 Å². The Hall–Kier alpha value is -0.530. The summed E-state index contributed by atoms with van der Waals surface area (Å²) in [5.41, 5.74) is 0.209. The molecule has 0 amide bonds. The van der Waals surface area contributed by atoms with Crippen molar-refractivity contribution in [2.24, 2.45) is 0 Å². The lowest BCUT2D eigenvalue weighted by Gasteiger charge is -2.12. The molecule has 0 aromatic heterocycles. The van der Waals surface area contributed by atoms with Crippen molar-refractivity contribution in [3.05, 3.63) is 11.6 Å². The highest BCUT2D eigenvalue weighted by Crippen LogP contribution is 2.57. The van der Waals surface area contributed by atoms with Gasteiger partial charge in [0, 0.05) is 6.08 Å². The van der Waals surface area contributed by atoms with E-state index in [-0.39, 0.29) is 5.57 Å². The lowest BCUT2D eigenvalue weighted by Crippen LogP contribution is -2.01. The number of ether oxygens (including phenoxy) is 1. The van der Waals surface area contributed by atoms with E-state index in [2.05, 4.69) is 13.6 Å². The van der Waals surface area contributed by atoms with E-state index >= 15 is 0 Å². The van der Waals surface area contributed by atoms with E-state index in [1.54, 1.807) is 0 Å². The Kier molecular flexibility index (Phi) is 6.22. The summed E-state index contributed by atoms with van der Waals surface area (Å²) in [6, 6.07) is 0. The molecule has 17 heavy (non-hydrogen) atoms. The Morgan fingerprint density at radius 3 is 2.24 bits per heavy atom. The van der Waals surface area contributed by atoms with Gasteiger partial charge in [0.1, 0.15) is 0 Å². The molecule has 100 valence electrons. The summed E-state index contributed by atoms with van der Waals surface area (Å²) in [6.45, 7) is 0.858. The van der Waals surface area contributed by atoms with Gasteiger partial charge in [-0.2, -0.15) is 4.31 Å². The Bertz CT molecular complexity index is 394. The molecule has 0 aliphatic carbocycles. The predicted molar refractivity (Wildman–Crippen MR) is 54.7 cm³/mol. The van der Waals surface area contributed by atoms with E-state index in [1.807, 2.05) is 0 Å². The first kappa shape index (κ1) is 16.5. The third-order valence-corrected chi connectivity index (χ3v) is 3.36. The van der Waals surface area contributed by atoms with Gasteiger partial charge in [0.15, 0.2) is 0 Å². The molecule has 0 bridgehead atoms. The second-order valence-electron chi connectivity index (χ2n) is 2.83. The van der Waals surface area contributed by atoms with Crippen molar-refractivity contribution in [2.45, 2.75) is 6.92 Å². The van der Waals surface area contributed by atoms with Gasteiger partial charge in [-0.1, -0.05) is 0 Å². The molecule has 11 heteroatoms. The second-order valence-corrected chi connectivity index (χ2v) is 5.66. The Morgan fingerprint density at radius 1 is 1.29 bits per heavy atom. The fourth-order valence-electron chi connectivity index (χ4n) is 0.643. The molecule has 0 heterocycles. The Balaban J connectivity index is 4.38. The monoisotopic (exact) mass is 290 g/mol. The third-order valence-electron chi connectivity index (χ3n) is 1.23. The smallest absolute Gasteiger partial charge is 0.466 e. The minimum Gasteiger partial charge on any atom is -0.466 e. The fraction of sp³-hybridized carbons (Fsp3) is 0.500. The Morgan fingerprint density at radius 2 is 1.82 bits per heavy atom. The van der Waals surface area contributed by atoms with Crippen LogP contribution in [0.15, 0.2) is 11.6 Å². The first-order chi connectivity index (χ1) is 7.56. The summed E-state index contributed by atoms with van der Waals surface area (Å²) >= 11 is 0. The number of methoxy groups -OCH3 is 1. The van der Waals surface area contributed by atoms with Crippen molar-refractivity contribution in [3.8, 4) is 0 Å².